The summed E-state index contributed by atoms with van der Waals surface area (Å²) in [6, 6.07) is -0.514. The minimum absolute atomic E-state index is 0.00592. The van der Waals surface area contributed by atoms with Gasteiger partial charge >= 0.3 is 12.6 Å². The number of hydrogen-bond acceptors (Lipinski definition) is 3. The van der Waals surface area contributed by atoms with Crippen molar-refractivity contribution >= 4 is 11.9 Å². The molecular weight excluding hydrogens is 306 g/mol. The molecule has 3 amide bonds. The number of halogens is 2. The number of rotatable bonds is 3. The molecular formula is C15H20F2N4O2. The normalized spacial score (nSPS) is 21.6. The highest BCUT2D eigenvalue weighted by Gasteiger charge is 2.50. The summed E-state index contributed by atoms with van der Waals surface area (Å²) in [7, 11) is 0. The second-order valence-electron chi connectivity index (χ2n) is 6.20. The smallest absolute Gasteiger partial charge is 0.323 e. The molecule has 0 radical (unpaired) electrons. The molecule has 0 atom stereocenters. The van der Waals surface area contributed by atoms with Crippen molar-refractivity contribution in [2.24, 2.45) is 0 Å². The molecule has 1 saturated heterocycles. The zero-order valence-corrected chi connectivity index (χ0v) is 12.8. The van der Waals surface area contributed by atoms with Gasteiger partial charge in [0.15, 0.2) is 0 Å². The Labute approximate surface area is 132 Å². The molecule has 6 nitrogen and oxygen atoms in total. The Bertz CT molecular complexity index is 594. The Morgan fingerprint density at radius 2 is 1.83 bits per heavy atom. The summed E-state index contributed by atoms with van der Waals surface area (Å²) < 4.78 is 26.5. The van der Waals surface area contributed by atoms with Gasteiger partial charge in [-0.1, -0.05) is 32.1 Å². The van der Waals surface area contributed by atoms with E-state index in [1.807, 2.05) is 0 Å². The van der Waals surface area contributed by atoms with Gasteiger partial charge in [-0.05, 0) is 12.8 Å². The molecule has 2 fully saturated rings. The third kappa shape index (κ3) is 2.94. The second-order valence-corrected chi connectivity index (χ2v) is 6.20. The van der Waals surface area contributed by atoms with Crippen LogP contribution in [0.3, 0.4) is 0 Å². The largest absolute Gasteiger partial charge is 0.325 e. The third-order valence-corrected chi connectivity index (χ3v) is 4.71. The first kappa shape index (κ1) is 15.9. The highest BCUT2D eigenvalue weighted by molar-refractivity contribution is 6.06. The molecule has 23 heavy (non-hydrogen) atoms. The summed E-state index contributed by atoms with van der Waals surface area (Å²) in [5.41, 5.74) is -0.861. The average molecular weight is 326 g/mol. The van der Waals surface area contributed by atoms with Crippen LogP contribution < -0.4 is 5.32 Å². The van der Waals surface area contributed by atoms with Crippen LogP contribution in [0.15, 0.2) is 12.4 Å². The van der Waals surface area contributed by atoms with Crippen molar-refractivity contribution < 1.29 is 18.4 Å². The summed E-state index contributed by atoms with van der Waals surface area (Å²) in [6.07, 6.45) is 8.59. The molecule has 1 spiro atoms. The molecule has 1 saturated carbocycles. The molecule has 0 aromatic carbocycles. The first-order valence-corrected chi connectivity index (χ1v) is 7.97. The number of hydrogen-bond donors (Lipinski definition) is 1. The quantitative estimate of drug-likeness (QED) is 0.869. The first-order chi connectivity index (χ1) is 11.0. The summed E-state index contributed by atoms with van der Waals surface area (Å²) >= 11 is 0. The van der Waals surface area contributed by atoms with E-state index in [1.54, 1.807) is 0 Å². The van der Waals surface area contributed by atoms with Gasteiger partial charge in [-0.3, -0.25) is 14.3 Å². The lowest BCUT2D eigenvalue weighted by molar-refractivity contribution is -0.132. The molecule has 1 aliphatic carbocycles. The predicted octanol–water partition coefficient (Wildman–Crippen LogP) is 2.81. The Morgan fingerprint density at radius 1 is 1.17 bits per heavy atom. The van der Waals surface area contributed by atoms with E-state index < -0.39 is 18.1 Å². The molecule has 1 aromatic heterocycles. The molecule has 8 heteroatoms. The third-order valence-electron chi connectivity index (χ3n) is 4.71. The molecule has 2 heterocycles. The number of amides is 3. The van der Waals surface area contributed by atoms with E-state index in [9.17, 15) is 18.4 Å². The number of carbonyl (C=O) groups excluding carboxylic acids is 2. The van der Waals surface area contributed by atoms with Gasteiger partial charge in [0.05, 0.1) is 6.54 Å². The Balaban J connectivity index is 1.79. The van der Waals surface area contributed by atoms with Crippen molar-refractivity contribution in [2.75, 3.05) is 0 Å². The predicted molar refractivity (Wildman–Crippen MR) is 77.6 cm³/mol. The van der Waals surface area contributed by atoms with Crippen LogP contribution in [0.5, 0.6) is 0 Å². The monoisotopic (exact) mass is 326 g/mol. The van der Waals surface area contributed by atoms with E-state index in [4.69, 9.17) is 0 Å². The first-order valence-electron chi connectivity index (χ1n) is 7.97. The molecule has 126 valence electrons. The number of alkyl halides is 2. The summed E-state index contributed by atoms with van der Waals surface area (Å²) in [6.45, 7) is -2.98. The van der Waals surface area contributed by atoms with Crippen molar-refractivity contribution in [2.45, 2.75) is 63.6 Å². The zero-order valence-electron chi connectivity index (χ0n) is 12.8. The van der Waals surface area contributed by atoms with Gasteiger partial charge in [-0.15, -0.1) is 0 Å². The van der Waals surface area contributed by atoms with E-state index in [-0.39, 0.29) is 18.3 Å². The maximum atomic E-state index is 12.9. The number of urea groups is 1. The number of nitrogens with one attached hydrogen (secondary N) is 1. The van der Waals surface area contributed by atoms with E-state index in [0.717, 1.165) is 43.2 Å². The van der Waals surface area contributed by atoms with Gasteiger partial charge in [-0.2, -0.15) is 8.78 Å². The van der Waals surface area contributed by atoms with Gasteiger partial charge in [0, 0.05) is 12.4 Å². The van der Waals surface area contributed by atoms with E-state index >= 15 is 0 Å². The molecule has 0 bridgehead atoms. The van der Waals surface area contributed by atoms with E-state index in [0.29, 0.717) is 17.4 Å². The fraction of sp³-hybridized carbons (Fsp3) is 0.667. The summed E-state index contributed by atoms with van der Waals surface area (Å²) in [4.78, 5) is 29.9. The lowest BCUT2D eigenvalue weighted by Crippen LogP contribution is -2.47. The van der Waals surface area contributed by atoms with Crippen LogP contribution in [0.4, 0.5) is 13.6 Å². The molecule has 2 aliphatic rings. The molecule has 1 aliphatic heterocycles. The second kappa shape index (κ2) is 6.25. The Kier molecular flexibility index (Phi) is 4.32. The van der Waals surface area contributed by atoms with E-state index in [1.165, 1.54) is 6.20 Å². The highest BCUT2D eigenvalue weighted by atomic mass is 19.3. The van der Waals surface area contributed by atoms with Crippen LogP contribution in [0.2, 0.25) is 0 Å². The van der Waals surface area contributed by atoms with Gasteiger partial charge < -0.3 is 5.32 Å². The fourth-order valence-electron chi connectivity index (χ4n) is 3.45. The Morgan fingerprint density at radius 3 is 2.48 bits per heavy atom. The number of imidazole rings is 1. The number of carbonyl (C=O) groups is 2. The van der Waals surface area contributed by atoms with Gasteiger partial charge in [0.25, 0.3) is 5.91 Å². The molecule has 1 N–H and O–H groups in total. The molecule has 3 rings (SSSR count). The fourth-order valence-corrected chi connectivity index (χ4v) is 3.45. The SMILES string of the molecule is O=C1NC2(CCCCCCC2)C(=O)N1Cc1nccn1C(F)F. The maximum Gasteiger partial charge on any atom is 0.325 e. The lowest BCUT2D eigenvalue weighted by atomic mass is 9.84. The van der Waals surface area contributed by atoms with Crippen LogP contribution >= 0.6 is 0 Å². The summed E-state index contributed by atoms with van der Waals surface area (Å²) in [5, 5.41) is 2.81. The average Bonchev–Trinajstić information content (AvgIpc) is 3.03. The van der Waals surface area contributed by atoms with Gasteiger partial charge in [-0.25, -0.2) is 9.78 Å². The number of nitrogens with zero attached hydrogens (tertiary/aromatic N) is 3. The van der Waals surface area contributed by atoms with E-state index in [2.05, 4.69) is 10.3 Å². The summed E-state index contributed by atoms with van der Waals surface area (Å²) in [5.74, 6) is -0.306. The highest BCUT2D eigenvalue weighted by Crippen LogP contribution is 2.32. The molecule has 1 aromatic rings. The Hall–Kier alpha value is -1.99. The van der Waals surface area contributed by atoms with Crippen LogP contribution in [0.1, 0.15) is 57.3 Å². The minimum atomic E-state index is -2.75. The standard InChI is InChI=1S/C15H20F2N4O2/c16-13(17)20-9-8-18-11(20)10-21-12(22)15(19-14(21)23)6-4-2-1-3-5-7-15/h8-9,13H,1-7,10H2,(H,19,23). The lowest BCUT2D eigenvalue weighted by Gasteiger charge is -2.28. The van der Waals surface area contributed by atoms with Crippen LogP contribution in [0, 0.1) is 0 Å². The van der Waals surface area contributed by atoms with Crippen LogP contribution in [-0.4, -0.2) is 31.9 Å². The van der Waals surface area contributed by atoms with Crippen molar-refractivity contribution in [3.8, 4) is 0 Å². The van der Waals surface area contributed by atoms with Crippen molar-refractivity contribution in [1.82, 2.24) is 19.8 Å². The van der Waals surface area contributed by atoms with Crippen molar-refractivity contribution in [3.05, 3.63) is 18.2 Å². The topological polar surface area (TPSA) is 67.2 Å². The maximum absolute atomic E-state index is 12.9. The van der Waals surface area contributed by atoms with Gasteiger partial charge in [0.1, 0.15) is 11.4 Å². The zero-order chi connectivity index (χ0) is 16.4. The van der Waals surface area contributed by atoms with Crippen molar-refractivity contribution in [3.63, 3.8) is 0 Å². The number of aromatic nitrogens is 2. The molecule has 0 unspecified atom stereocenters. The van der Waals surface area contributed by atoms with Crippen LogP contribution in [-0.2, 0) is 11.3 Å². The van der Waals surface area contributed by atoms with Crippen molar-refractivity contribution in [1.29, 1.82) is 0 Å². The van der Waals surface area contributed by atoms with Gasteiger partial charge in [0.2, 0.25) is 0 Å². The number of imide groups is 1. The minimum Gasteiger partial charge on any atom is -0.323 e. The van der Waals surface area contributed by atoms with Crippen LogP contribution in [0.25, 0.3) is 0 Å².